The van der Waals surface area contributed by atoms with Crippen molar-refractivity contribution >= 4 is 6.29 Å². The molecule has 0 aliphatic carbocycles. The quantitative estimate of drug-likeness (QED) is 0.501. The fourth-order valence-electron chi connectivity index (χ4n) is 1.27. The lowest BCUT2D eigenvalue weighted by atomic mass is 10.2. The van der Waals surface area contributed by atoms with Gasteiger partial charge in [-0.2, -0.15) is 0 Å². The highest BCUT2D eigenvalue weighted by Gasteiger charge is 2.00. The van der Waals surface area contributed by atoms with Crippen LogP contribution in [0.15, 0.2) is 24.3 Å². The molecule has 0 amide bonds. The number of aldehydes is 1. The lowest BCUT2D eigenvalue weighted by molar-refractivity contribution is 0.0969. The molecule has 0 atom stereocenters. The van der Waals surface area contributed by atoms with Gasteiger partial charge in [-0.15, -0.1) is 0 Å². The molecule has 16 heavy (non-hydrogen) atoms. The second kappa shape index (κ2) is 7.88. The van der Waals surface area contributed by atoms with Crippen LogP contribution in [0.3, 0.4) is 0 Å². The summed E-state index contributed by atoms with van der Waals surface area (Å²) in [6.45, 7) is 3.94. The van der Waals surface area contributed by atoms with Crippen molar-refractivity contribution in [1.82, 2.24) is 0 Å². The molecule has 0 heterocycles. The van der Waals surface area contributed by atoms with Gasteiger partial charge in [-0.3, -0.25) is 4.79 Å². The van der Waals surface area contributed by atoms with Crippen LogP contribution in [-0.4, -0.2) is 26.1 Å². The SMILES string of the molecule is CCCCOCCOc1ccccc1C=O. The van der Waals surface area contributed by atoms with Gasteiger partial charge in [0.2, 0.25) is 0 Å². The van der Waals surface area contributed by atoms with Gasteiger partial charge in [-0.1, -0.05) is 25.5 Å². The third-order valence-electron chi connectivity index (χ3n) is 2.17. The molecule has 3 heteroatoms. The molecule has 0 aromatic heterocycles. The monoisotopic (exact) mass is 222 g/mol. The van der Waals surface area contributed by atoms with Crippen LogP contribution in [0.5, 0.6) is 5.75 Å². The summed E-state index contributed by atoms with van der Waals surface area (Å²) >= 11 is 0. The molecule has 0 saturated carbocycles. The molecular weight excluding hydrogens is 204 g/mol. The Morgan fingerprint density at radius 1 is 1.19 bits per heavy atom. The third-order valence-corrected chi connectivity index (χ3v) is 2.17. The normalized spacial score (nSPS) is 10.1. The summed E-state index contributed by atoms with van der Waals surface area (Å²) in [5.41, 5.74) is 0.580. The third kappa shape index (κ3) is 4.45. The van der Waals surface area contributed by atoms with Crippen LogP contribution in [0.1, 0.15) is 30.1 Å². The zero-order valence-electron chi connectivity index (χ0n) is 9.65. The Labute approximate surface area is 96.4 Å². The molecule has 0 saturated heterocycles. The van der Waals surface area contributed by atoms with Crippen LogP contribution in [-0.2, 0) is 4.74 Å². The van der Waals surface area contributed by atoms with Crippen LogP contribution in [0.2, 0.25) is 0 Å². The molecule has 3 nitrogen and oxygen atoms in total. The van der Waals surface area contributed by atoms with E-state index in [0.29, 0.717) is 24.5 Å². The maximum absolute atomic E-state index is 10.7. The van der Waals surface area contributed by atoms with Crippen molar-refractivity contribution in [1.29, 1.82) is 0 Å². The summed E-state index contributed by atoms with van der Waals surface area (Å²) in [6.07, 6.45) is 3.01. The highest BCUT2D eigenvalue weighted by Crippen LogP contribution is 2.15. The maximum atomic E-state index is 10.7. The van der Waals surface area contributed by atoms with Crippen LogP contribution in [0, 0.1) is 0 Å². The first kappa shape index (κ1) is 12.7. The van der Waals surface area contributed by atoms with E-state index in [-0.39, 0.29) is 0 Å². The van der Waals surface area contributed by atoms with Crippen molar-refractivity contribution in [3.8, 4) is 5.75 Å². The Kier molecular flexibility index (Phi) is 6.26. The van der Waals surface area contributed by atoms with Crippen molar-refractivity contribution in [2.24, 2.45) is 0 Å². The molecule has 88 valence electrons. The zero-order valence-corrected chi connectivity index (χ0v) is 9.65. The lowest BCUT2D eigenvalue weighted by Gasteiger charge is -2.08. The predicted molar refractivity (Wildman–Crippen MR) is 63.1 cm³/mol. The molecule has 1 aromatic carbocycles. The fourth-order valence-corrected chi connectivity index (χ4v) is 1.27. The number of hydrogen-bond acceptors (Lipinski definition) is 3. The van der Waals surface area contributed by atoms with Gasteiger partial charge in [0.25, 0.3) is 0 Å². The highest BCUT2D eigenvalue weighted by molar-refractivity contribution is 5.79. The topological polar surface area (TPSA) is 35.5 Å². The van der Waals surface area contributed by atoms with E-state index in [0.717, 1.165) is 25.7 Å². The number of unbranched alkanes of at least 4 members (excludes halogenated alkanes) is 1. The number of benzene rings is 1. The van der Waals surface area contributed by atoms with Gasteiger partial charge in [0.1, 0.15) is 12.4 Å². The molecule has 0 aliphatic heterocycles. The maximum Gasteiger partial charge on any atom is 0.153 e. The summed E-state index contributed by atoms with van der Waals surface area (Å²) in [4.78, 5) is 10.7. The van der Waals surface area contributed by atoms with Crippen molar-refractivity contribution in [3.05, 3.63) is 29.8 Å². The van der Waals surface area contributed by atoms with Crippen molar-refractivity contribution in [3.63, 3.8) is 0 Å². The standard InChI is InChI=1S/C13H18O3/c1-2-3-8-15-9-10-16-13-7-5-4-6-12(13)11-14/h4-7,11H,2-3,8-10H2,1H3. The molecule has 0 unspecified atom stereocenters. The average molecular weight is 222 g/mol. The van der Waals surface area contributed by atoms with E-state index in [2.05, 4.69) is 6.92 Å². The Morgan fingerprint density at radius 2 is 2.00 bits per heavy atom. The number of rotatable bonds is 8. The zero-order chi connectivity index (χ0) is 11.6. The van der Waals surface area contributed by atoms with Crippen LogP contribution >= 0.6 is 0 Å². The molecule has 0 aliphatic rings. The molecular formula is C13H18O3. The second-order valence-electron chi connectivity index (χ2n) is 3.47. The average Bonchev–Trinajstić information content (AvgIpc) is 2.34. The smallest absolute Gasteiger partial charge is 0.153 e. The van der Waals surface area contributed by atoms with Gasteiger partial charge in [0.05, 0.1) is 12.2 Å². The van der Waals surface area contributed by atoms with Crippen LogP contribution < -0.4 is 4.74 Å². The lowest BCUT2D eigenvalue weighted by Crippen LogP contribution is -2.08. The minimum atomic E-state index is 0.481. The minimum Gasteiger partial charge on any atom is -0.490 e. The van der Waals surface area contributed by atoms with Crippen molar-refractivity contribution < 1.29 is 14.3 Å². The number of ether oxygens (including phenoxy) is 2. The van der Waals surface area contributed by atoms with Crippen molar-refractivity contribution in [2.75, 3.05) is 19.8 Å². The first-order valence-corrected chi connectivity index (χ1v) is 5.63. The Hall–Kier alpha value is -1.35. The Morgan fingerprint density at radius 3 is 2.75 bits per heavy atom. The molecule has 0 fully saturated rings. The number of carbonyl (C=O) groups is 1. The summed E-state index contributed by atoms with van der Waals surface area (Å²) < 4.78 is 10.8. The van der Waals surface area contributed by atoms with Gasteiger partial charge < -0.3 is 9.47 Å². The first-order valence-electron chi connectivity index (χ1n) is 5.63. The first-order chi connectivity index (χ1) is 7.88. The van der Waals surface area contributed by atoms with Crippen LogP contribution in [0.25, 0.3) is 0 Å². The van der Waals surface area contributed by atoms with Crippen LogP contribution in [0.4, 0.5) is 0 Å². The van der Waals surface area contributed by atoms with E-state index in [1.807, 2.05) is 12.1 Å². The Bertz CT molecular complexity index is 310. The minimum absolute atomic E-state index is 0.481. The second-order valence-corrected chi connectivity index (χ2v) is 3.47. The van der Waals surface area contributed by atoms with Gasteiger partial charge in [0.15, 0.2) is 6.29 Å². The summed E-state index contributed by atoms with van der Waals surface area (Å²) in [7, 11) is 0. The molecule has 0 spiro atoms. The summed E-state index contributed by atoms with van der Waals surface area (Å²) in [6, 6.07) is 7.19. The summed E-state index contributed by atoms with van der Waals surface area (Å²) in [5.74, 6) is 0.622. The predicted octanol–water partition coefficient (Wildman–Crippen LogP) is 2.69. The molecule has 0 N–H and O–H groups in total. The van der Waals surface area contributed by atoms with Crippen molar-refractivity contribution in [2.45, 2.75) is 19.8 Å². The van der Waals surface area contributed by atoms with Gasteiger partial charge in [-0.05, 0) is 18.6 Å². The largest absolute Gasteiger partial charge is 0.490 e. The molecule has 1 rings (SSSR count). The summed E-state index contributed by atoms with van der Waals surface area (Å²) in [5, 5.41) is 0. The fraction of sp³-hybridized carbons (Fsp3) is 0.462. The Balaban J connectivity index is 2.23. The number of hydrogen-bond donors (Lipinski definition) is 0. The molecule has 0 radical (unpaired) electrons. The van der Waals surface area contributed by atoms with Gasteiger partial charge in [0, 0.05) is 6.61 Å². The van der Waals surface area contributed by atoms with Gasteiger partial charge in [-0.25, -0.2) is 0 Å². The van der Waals surface area contributed by atoms with E-state index in [1.54, 1.807) is 12.1 Å². The van der Waals surface area contributed by atoms with E-state index in [9.17, 15) is 4.79 Å². The van der Waals surface area contributed by atoms with E-state index >= 15 is 0 Å². The van der Waals surface area contributed by atoms with E-state index in [4.69, 9.17) is 9.47 Å². The highest BCUT2D eigenvalue weighted by atomic mass is 16.5. The molecule has 1 aromatic rings. The number of carbonyl (C=O) groups excluding carboxylic acids is 1. The van der Waals surface area contributed by atoms with E-state index < -0.39 is 0 Å². The van der Waals surface area contributed by atoms with Gasteiger partial charge >= 0.3 is 0 Å². The molecule has 0 bridgehead atoms. The van der Waals surface area contributed by atoms with E-state index in [1.165, 1.54) is 0 Å². The number of para-hydroxylation sites is 1.